The van der Waals surface area contributed by atoms with Gasteiger partial charge < -0.3 is 10.3 Å². The molecule has 1 atom stereocenters. The van der Waals surface area contributed by atoms with Crippen molar-refractivity contribution in [3.63, 3.8) is 0 Å². The van der Waals surface area contributed by atoms with Crippen LogP contribution in [0.15, 0.2) is 9.00 Å². The van der Waals surface area contributed by atoms with Gasteiger partial charge in [0.2, 0.25) is 0 Å². The molecule has 6 nitrogen and oxygen atoms in total. The summed E-state index contributed by atoms with van der Waals surface area (Å²) >= 11 is 0.756. The lowest BCUT2D eigenvalue weighted by atomic mass is 10.3. The van der Waals surface area contributed by atoms with E-state index >= 15 is 0 Å². The van der Waals surface area contributed by atoms with Crippen molar-refractivity contribution in [2.45, 2.75) is 24.1 Å². The minimum absolute atomic E-state index is 0.0923. The van der Waals surface area contributed by atoms with Crippen molar-refractivity contribution in [2.75, 3.05) is 19.6 Å². The first-order valence-corrected chi connectivity index (χ1v) is 7.61. The molecule has 2 rings (SSSR count). The number of aromatic nitrogens is 1. The van der Waals surface area contributed by atoms with Gasteiger partial charge >= 0.3 is 4.87 Å². The van der Waals surface area contributed by atoms with Gasteiger partial charge in [0.05, 0.1) is 0 Å². The van der Waals surface area contributed by atoms with Gasteiger partial charge in [-0.05, 0) is 13.8 Å². The second-order valence-electron chi connectivity index (χ2n) is 4.10. The molecule has 96 valence electrons. The Morgan fingerprint density at radius 1 is 1.47 bits per heavy atom. The van der Waals surface area contributed by atoms with E-state index in [1.807, 2.05) is 6.92 Å². The number of hydrogen-bond acceptors (Lipinski definition) is 5. The van der Waals surface area contributed by atoms with E-state index < -0.39 is 10.0 Å². The summed E-state index contributed by atoms with van der Waals surface area (Å²) in [6.45, 7) is 5.18. The van der Waals surface area contributed by atoms with E-state index in [2.05, 4.69) is 10.3 Å². The SMILES string of the molecule is Cc1[nH]c(=O)sc1S(=O)(=O)N1CCNCC1C. The van der Waals surface area contributed by atoms with Crippen LogP contribution >= 0.6 is 11.3 Å². The Morgan fingerprint density at radius 3 is 2.71 bits per heavy atom. The van der Waals surface area contributed by atoms with E-state index in [9.17, 15) is 13.2 Å². The fourth-order valence-electron chi connectivity index (χ4n) is 1.92. The molecule has 0 spiro atoms. The first-order chi connectivity index (χ1) is 7.93. The molecule has 1 aliphatic rings. The van der Waals surface area contributed by atoms with Gasteiger partial charge in [0.1, 0.15) is 0 Å². The molecule has 0 amide bonds. The van der Waals surface area contributed by atoms with Crippen LogP contribution in [0.4, 0.5) is 0 Å². The zero-order valence-electron chi connectivity index (χ0n) is 9.69. The number of thiazole rings is 1. The van der Waals surface area contributed by atoms with Gasteiger partial charge in [0.25, 0.3) is 10.0 Å². The number of sulfonamides is 1. The number of piperazine rings is 1. The molecule has 1 unspecified atom stereocenters. The van der Waals surface area contributed by atoms with Crippen molar-refractivity contribution in [1.29, 1.82) is 0 Å². The molecule has 1 aliphatic heterocycles. The van der Waals surface area contributed by atoms with Crippen LogP contribution in [0.3, 0.4) is 0 Å². The monoisotopic (exact) mass is 277 g/mol. The number of H-pyrrole nitrogens is 1. The van der Waals surface area contributed by atoms with Crippen molar-refractivity contribution >= 4 is 21.4 Å². The fourth-order valence-corrected chi connectivity index (χ4v) is 4.97. The van der Waals surface area contributed by atoms with Gasteiger partial charge in [0, 0.05) is 31.4 Å². The van der Waals surface area contributed by atoms with Gasteiger partial charge in [-0.15, -0.1) is 0 Å². The standard InChI is InChI=1S/C9H15N3O3S2/c1-6-5-10-3-4-12(6)17(14,15)8-7(2)11-9(13)16-8/h6,10H,3-5H2,1-2H3,(H,11,13). The van der Waals surface area contributed by atoms with Gasteiger partial charge in [-0.25, -0.2) is 8.42 Å². The number of rotatable bonds is 2. The molecular weight excluding hydrogens is 262 g/mol. The Balaban J connectivity index is 2.42. The van der Waals surface area contributed by atoms with Crippen molar-refractivity contribution < 1.29 is 8.42 Å². The summed E-state index contributed by atoms with van der Waals surface area (Å²) in [6, 6.07) is -0.0923. The summed E-state index contributed by atoms with van der Waals surface area (Å²) in [7, 11) is -3.54. The molecule has 2 heterocycles. The maximum Gasteiger partial charge on any atom is 0.305 e. The number of hydrogen-bond donors (Lipinski definition) is 2. The first-order valence-electron chi connectivity index (χ1n) is 5.35. The minimum Gasteiger partial charge on any atom is -0.315 e. The lowest BCUT2D eigenvalue weighted by Crippen LogP contribution is -2.52. The Labute approximate surface area is 104 Å². The van der Waals surface area contributed by atoms with Gasteiger partial charge in [-0.3, -0.25) is 4.79 Å². The smallest absolute Gasteiger partial charge is 0.305 e. The third kappa shape index (κ3) is 2.30. The Hall–Kier alpha value is -0.700. The van der Waals surface area contributed by atoms with Crippen molar-refractivity contribution in [3.8, 4) is 0 Å². The van der Waals surface area contributed by atoms with Crippen LogP contribution in [0, 0.1) is 6.92 Å². The minimum atomic E-state index is -3.54. The Bertz CT molecular complexity index is 560. The van der Waals surface area contributed by atoms with Crippen LogP contribution in [0.2, 0.25) is 0 Å². The highest BCUT2D eigenvalue weighted by Crippen LogP contribution is 2.23. The third-order valence-electron chi connectivity index (χ3n) is 2.76. The van der Waals surface area contributed by atoms with E-state index in [0.29, 0.717) is 25.3 Å². The second kappa shape index (κ2) is 4.52. The summed E-state index contributed by atoms with van der Waals surface area (Å²) in [5.74, 6) is 0. The molecule has 2 N–H and O–H groups in total. The summed E-state index contributed by atoms with van der Waals surface area (Å²) in [5.41, 5.74) is 0.422. The number of aromatic amines is 1. The predicted octanol–water partition coefficient (Wildman–Crippen LogP) is -0.273. The highest BCUT2D eigenvalue weighted by Gasteiger charge is 2.33. The van der Waals surface area contributed by atoms with E-state index in [0.717, 1.165) is 11.3 Å². The van der Waals surface area contributed by atoms with E-state index in [1.54, 1.807) is 6.92 Å². The number of aryl methyl sites for hydroxylation is 1. The highest BCUT2D eigenvalue weighted by atomic mass is 32.2. The zero-order valence-corrected chi connectivity index (χ0v) is 11.3. The molecule has 1 aromatic heterocycles. The molecular formula is C9H15N3O3S2. The summed E-state index contributed by atoms with van der Waals surface area (Å²) in [5, 5.41) is 3.14. The van der Waals surface area contributed by atoms with Gasteiger partial charge in [-0.1, -0.05) is 11.3 Å². The molecule has 0 radical (unpaired) electrons. The fraction of sp³-hybridized carbons (Fsp3) is 0.667. The van der Waals surface area contributed by atoms with Crippen LogP contribution in [-0.2, 0) is 10.0 Å². The van der Waals surface area contributed by atoms with Gasteiger partial charge in [0.15, 0.2) is 4.21 Å². The lowest BCUT2D eigenvalue weighted by Gasteiger charge is -2.32. The Kier molecular flexibility index (Phi) is 3.39. The lowest BCUT2D eigenvalue weighted by molar-refractivity contribution is 0.284. The van der Waals surface area contributed by atoms with E-state index in [-0.39, 0.29) is 15.1 Å². The van der Waals surface area contributed by atoms with Crippen molar-refractivity contribution in [2.24, 2.45) is 0 Å². The van der Waals surface area contributed by atoms with Crippen molar-refractivity contribution in [1.82, 2.24) is 14.6 Å². The molecule has 1 fully saturated rings. The summed E-state index contributed by atoms with van der Waals surface area (Å²) in [6.07, 6.45) is 0. The maximum atomic E-state index is 12.4. The Morgan fingerprint density at radius 2 is 2.18 bits per heavy atom. The van der Waals surface area contributed by atoms with Crippen LogP contribution < -0.4 is 10.2 Å². The van der Waals surface area contributed by atoms with E-state index in [1.165, 1.54) is 4.31 Å². The van der Waals surface area contributed by atoms with E-state index in [4.69, 9.17) is 0 Å². The normalized spacial score (nSPS) is 22.8. The maximum absolute atomic E-state index is 12.4. The highest BCUT2D eigenvalue weighted by molar-refractivity contribution is 7.91. The van der Waals surface area contributed by atoms with Crippen LogP contribution in [0.1, 0.15) is 12.6 Å². The molecule has 0 bridgehead atoms. The molecule has 0 aliphatic carbocycles. The zero-order chi connectivity index (χ0) is 12.6. The molecule has 1 aromatic rings. The molecule has 0 saturated carbocycles. The quantitative estimate of drug-likeness (QED) is 0.779. The van der Waals surface area contributed by atoms with Crippen molar-refractivity contribution in [3.05, 3.63) is 15.4 Å². The molecule has 0 aromatic carbocycles. The average molecular weight is 277 g/mol. The number of nitrogens with zero attached hydrogens (tertiary/aromatic N) is 1. The van der Waals surface area contributed by atoms with Crippen LogP contribution in [-0.4, -0.2) is 43.4 Å². The molecule has 1 saturated heterocycles. The second-order valence-corrected chi connectivity index (χ2v) is 7.16. The van der Waals surface area contributed by atoms with Gasteiger partial charge in [-0.2, -0.15) is 4.31 Å². The summed E-state index contributed by atoms with van der Waals surface area (Å²) < 4.78 is 26.4. The number of nitrogens with one attached hydrogen (secondary N) is 2. The summed E-state index contributed by atoms with van der Waals surface area (Å²) in [4.78, 5) is 13.4. The van der Waals surface area contributed by atoms with Crippen LogP contribution in [0.5, 0.6) is 0 Å². The van der Waals surface area contributed by atoms with Crippen LogP contribution in [0.25, 0.3) is 0 Å². The largest absolute Gasteiger partial charge is 0.315 e. The predicted molar refractivity (Wildman–Crippen MR) is 65.9 cm³/mol. The molecule has 8 heteroatoms. The molecule has 17 heavy (non-hydrogen) atoms. The third-order valence-corrected chi connectivity index (χ3v) is 6.36. The topological polar surface area (TPSA) is 82.3 Å². The first kappa shape index (κ1) is 12.7. The average Bonchev–Trinajstić information content (AvgIpc) is 2.59.